The van der Waals surface area contributed by atoms with E-state index in [0.29, 0.717) is 5.56 Å². The number of hydrogen-bond acceptors (Lipinski definition) is 3. The molecule has 0 aliphatic heterocycles. The van der Waals surface area contributed by atoms with Crippen LogP contribution < -0.4 is 0 Å². The van der Waals surface area contributed by atoms with Crippen molar-refractivity contribution in [3.8, 4) is 61.7 Å². The lowest BCUT2D eigenvalue weighted by atomic mass is 9.84. The summed E-state index contributed by atoms with van der Waals surface area (Å²) < 4.78 is 5.17. The third-order valence-corrected chi connectivity index (χ3v) is 12.5. The van der Waals surface area contributed by atoms with Crippen LogP contribution in [0.3, 0.4) is 0 Å². The van der Waals surface area contributed by atoms with E-state index >= 15 is 0 Å². The molecular formula is C49H29NS2. The fraction of sp³-hybridized carbons (Fsp3) is 0. The van der Waals surface area contributed by atoms with E-state index in [1.54, 1.807) is 0 Å². The summed E-state index contributed by atoms with van der Waals surface area (Å²) in [5.41, 5.74) is 11.9. The van der Waals surface area contributed by atoms with Crippen LogP contribution in [0.25, 0.3) is 96.0 Å². The zero-order valence-electron chi connectivity index (χ0n) is 28.0. The summed E-state index contributed by atoms with van der Waals surface area (Å²) in [4.78, 5) is 0. The molecule has 0 fully saturated rings. The van der Waals surface area contributed by atoms with Gasteiger partial charge in [0, 0.05) is 45.9 Å². The second-order valence-electron chi connectivity index (χ2n) is 13.1. The predicted molar refractivity (Wildman–Crippen MR) is 224 cm³/mol. The Balaban J connectivity index is 1.31. The fourth-order valence-electron chi connectivity index (χ4n) is 7.74. The minimum atomic E-state index is 0.664. The van der Waals surface area contributed by atoms with Crippen molar-refractivity contribution in [3.63, 3.8) is 0 Å². The molecule has 0 spiro atoms. The Morgan fingerprint density at radius 3 is 1.79 bits per heavy atom. The molecule has 0 radical (unpaired) electrons. The highest BCUT2D eigenvalue weighted by molar-refractivity contribution is 7.26. The van der Waals surface area contributed by atoms with Crippen molar-refractivity contribution in [3.05, 3.63) is 181 Å². The first kappa shape index (κ1) is 30.5. The lowest BCUT2D eigenvalue weighted by Gasteiger charge is -2.19. The van der Waals surface area contributed by atoms with Crippen LogP contribution >= 0.6 is 22.7 Å². The minimum absolute atomic E-state index is 0.664. The van der Waals surface area contributed by atoms with Crippen LogP contribution in [0.1, 0.15) is 5.56 Å². The molecule has 0 N–H and O–H groups in total. The zero-order chi connectivity index (χ0) is 34.6. The second-order valence-corrected chi connectivity index (χ2v) is 15.3. The monoisotopic (exact) mass is 695 g/mol. The topological polar surface area (TPSA) is 23.8 Å². The van der Waals surface area contributed by atoms with E-state index in [4.69, 9.17) is 0 Å². The quantitative estimate of drug-likeness (QED) is 0.176. The molecule has 0 bridgehead atoms. The second kappa shape index (κ2) is 12.5. The third kappa shape index (κ3) is 5.04. The molecule has 0 saturated heterocycles. The van der Waals surface area contributed by atoms with Gasteiger partial charge in [-0.05, 0) is 98.6 Å². The SMILES string of the molecule is N#Cc1ccccc1-c1cc(-c2ccccc2)cc(-c2c(-c3ccc4sc5ccccc5c4c3)cccc2-c2cccc3c2sc2ccccc23)c1. The third-order valence-electron chi connectivity index (χ3n) is 10.1. The van der Waals surface area contributed by atoms with Crippen molar-refractivity contribution >= 4 is 63.0 Å². The number of fused-ring (bicyclic) bond motifs is 6. The Morgan fingerprint density at radius 2 is 0.942 bits per heavy atom. The molecule has 3 heteroatoms. The molecule has 0 atom stereocenters. The van der Waals surface area contributed by atoms with Crippen molar-refractivity contribution in [2.24, 2.45) is 0 Å². The molecule has 10 aromatic rings. The van der Waals surface area contributed by atoms with Crippen LogP contribution in [0.5, 0.6) is 0 Å². The van der Waals surface area contributed by atoms with Gasteiger partial charge in [0.1, 0.15) is 0 Å². The Hall–Kier alpha value is -6.31. The first-order valence-electron chi connectivity index (χ1n) is 17.4. The lowest BCUT2D eigenvalue weighted by Crippen LogP contribution is -1.93. The van der Waals surface area contributed by atoms with E-state index in [1.165, 1.54) is 68.2 Å². The van der Waals surface area contributed by atoms with Crippen LogP contribution in [0.2, 0.25) is 0 Å². The first-order valence-corrected chi connectivity index (χ1v) is 19.0. The van der Waals surface area contributed by atoms with Crippen LogP contribution in [-0.2, 0) is 0 Å². The number of hydrogen-bond donors (Lipinski definition) is 0. The van der Waals surface area contributed by atoms with Gasteiger partial charge in [0.05, 0.1) is 11.6 Å². The number of rotatable bonds is 5. The smallest absolute Gasteiger partial charge is 0.0998 e. The summed E-state index contributed by atoms with van der Waals surface area (Å²) in [5, 5.41) is 15.3. The van der Waals surface area contributed by atoms with E-state index in [1.807, 2.05) is 40.9 Å². The summed E-state index contributed by atoms with van der Waals surface area (Å²) in [7, 11) is 0. The Labute approximate surface area is 309 Å². The van der Waals surface area contributed by atoms with Crippen LogP contribution in [0, 0.1) is 11.3 Å². The number of thiophene rings is 2. The molecule has 0 aliphatic rings. The van der Waals surface area contributed by atoms with E-state index in [9.17, 15) is 5.26 Å². The molecule has 8 aromatic carbocycles. The molecule has 52 heavy (non-hydrogen) atoms. The highest BCUT2D eigenvalue weighted by atomic mass is 32.1. The van der Waals surface area contributed by atoms with E-state index in [-0.39, 0.29) is 0 Å². The van der Waals surface area contributed by atoms with Gasteiger partial charge >= 0.3 is 0 Å². The van der Waals surface area contributed by atoms with Crippen molar-refractivity contribution in [1.82, 2.24) is 0 Å². The highest BCUT2D eigenvalue weighted by Crippen LogP contribution is 2.48. The van der Waals surface area contributed by atoms with Crippen molar-refractivity contribution in [2.45, 2.75) is 0 Å². The summed E-state index contributed by atoms with van der Waals surface area (Å²) in [6, 6.07) is 65.7. The highest BCUT2D eigenvalue weighted by Gasteiger charge is 2.20. The molecule has 0 aliphatic carbocycles. The summed E-state index contributed by atoms with van der Waals surface area (Å²) in [5.74, 6) is 0. The maximum absolute atomic E-state index is 10.2. The van der Waals surface area contributed by atoms with Gasteiger partial charge in [0.25, 0.3) is 0 Å². The van der Waals surface area contributed by atoms with Crippen LogP contribution in [0.15, 0.2) is 176 Å². The number of benzene rings is 8. The predicted octanol–water partition coefficient (Wildman–Crippen LogP) is 14.6. The Kier molecular flexibility index (Phi) is 7.32. The maximum Gasteiger partial charge on any atom is 0.0998 e. The lowest BCUT2D eigenvalue weighted by molar-refractivity contribution is 1.47. The molecule has 2 heterocycles. The van der Waals surface area contributed by atoms with Gasteiger partial charge in [-0.3, -0.25) is 0 Å². The molecule has 1 nitrogen and oxygen atoms in total. The molecule has 2 aromatic heterocycles. The van der Waals surface area contributed by atoms with Crippen molar-refractivity contribution in [2.75, 3.05) is 0 Å². The molecule has 242 valence electrons. The number of nitriles is 1. The minimum Gasteiger partial charge on any atom is -0.192 e. The zero-order valence-corrected chi connectivity index (χ0v) is 29.6. The average molecular weight is 696 g/mol. The Bertz CT molecular complexity index is 3030. The van der Waals surface area contributed by atoms with Gasteiger partial charge in [-0.1, -0.05) is 127 Å². The van der Waals surface area contributed by atoms with Gasteiger partial charge < -0.3 is 0 Å². The molecule has 0 saturated carbocycles. The molecular weight excluding hydrogens is 667 g/mol. The van der Waals surface area contributed by atoms with Gasteiger partial charge in [0.2, 0.25) is 0 Å². The summed E-state index contributed by atoms with van der Waals surface area (Å²) in [6.45, 7) is 0. The largest absolute Gasteiger partial charge is 0.192 e. The fourth-order valence-corrected chi connectivity index (χ4v) is 10.1. The maximum atomic E-state index is 10.2. The molecule has 0 unspecified atom stereocenters. The van der Waals surface area contributed by atoms with E-state index in [0.717, 1.165) is 27.8 Å². The van der Waals surface area contributed by atoms with E-state index < -0.39 is 0 Å². The first-order chi connectivity index (χ1) is 25.7. The van der Waals surface area contributed by atoms with Gasteiger partial charge in [-0.2, -0.15) is 5.26 Å². The Morgan fingerprint density at radius 1 is 0.346 bits per heavy atom. The van der Waals surface area contributed by atoms with E-state index in [2.05, 4.69) is 164 Å². The van der Waals surface area contributed by atoms with Gasteiger partial charge in [-0.15, -0.1) is 22.7 Å². The van der Waals surface area contributed by atoms with Crippen molar-refractivity contribution < 1.29 is 0 Å². The normalized spacial score (nSPS) is 11.4. The van der Waals surface area contributed by atoms with Crippen LogP contribution in [0.4, 0.5) is 0 Å². The van der Waals surface area contributed by atoms with Gasteiger partial charge in [-0.25, -0.2) is 0 Å². The molecule has 10 rings (SSSR count). The average Bonchev–Trinajstić information content (AvgIpc) is 3.79. The standard InChI is InChI=1S/C49H29NS2/c50-30-33-14-4-5-15-37(33)35-26-34(31-12-2-1-3-13-31)27-36(28-35)48-38(32-24-25-47-44(29-32)40-17-7-8-22-45(40)51-47)18-10-19-41(48)43-21-11-20-42-39-16-6-9-23-46(39)52-49(42)43/h1-29H. The van der Waals surface area contributed by atoms with Crippen LogP contribution in [-0.4, -0.2) is 0 Å². The van der Waals surface area contributed by atoms with Gasteiger partial charge in [0.15, 0.2) is 0 Å². The summed E-state index contributed by atoms with van der Waals surface area (Å²) in [6.07, 6.45) is 0. The number of nitrogens with zero attached hydrogens (tertiary/aromatic N) is 1. The molecule has 0 amide bonds. The summed E-state index contributed by atoms with van der Waals surface area (Å²) >= 11 is 3.71. The van der Waals surface area contributed by atoms with Crippen molar-refractivity contribution in [1.29, 1.82) is 5.26 Å².